The van der Waals surface area contributed by atoms with Gasteiger partial charge in [0.15, 0.2) is 0 Å². The average Bonchev–Trinajstić information content (AvgIpc) is 2.43. The first-order chi connectivity index (χ1) is 9.10. The molecule has 0 bridgehead atoms. The van der Waals surface area contributed by atoms with E-state index in [1.165, 1.54) is 13.2 Å². The van der Waals surface area contributed by atoms with E-state index in [0.29, 0.717) is 0 Å². The number of hydrogen-bond donors (Lipinski definition) is 1. The van der Waals surface area contributed by atoms with E-state index in [-0.39, 0.29) is 29.6 Å². The Morgan fingerprint density at radius 3 is 2.63 bits per heavy atom. The van der Waals surface area contributed by atoms with E-state index in [2.05, 4.69) is 4.98 Å². The first-order valence-corrected chi connectivity index (χ1v) is 6.26. The summed E-state index contributed by atoms with van der Waals surface area (Å²) in [7, 11) is 1.39. The molecular weight excluding hydrogens is 251 g/mol. The molecule has 0 saturated heterocycles. The number of nitrogens with two attached hydrogens (primary N) is 1. The number of aromatic nitrogens is 1. The lowest BCUT2D eigenvalue weighted by molar-refractivity contribution is -0.147. The van der Waals surface area contributed by atoms with Crippen LogP contribution in [0.2, 0.25) is 0 Å². The number of methoxy groups -OCH3 is 1. The maximum Gasteiger partial charge on any atom is 0.308 e. The van der Waals surface area contributed by atoms with E-state index in [1.54, 1.807) is 6.07 Å². The molecule has 0 unspecified atom stereocenters. The second kappa shape index (κ2) is 5.86. The molecule has 0 aliphatic heterocycles. The van der Waals surface area contributed by atoms with Gasteiger partial charge in [-0.15, -0.1) is 0 Å². The molecule has 0 spiro atoms. The highest BCUT2D eigenvalue weighted by Gasteiger charge is 2.28. The van der Waals surface area contributed by atoms with Crippen LogP contribution in [-0.2, 0) is 9.53 Å². The van der Waals surface area contributed by atoms with E-state index in [9.17, 15) is 9.18 Å². The topological polar surface area (TPSA) is 74.4 Å². The minimum Gasteiger partial charge on any atom is -0.474 e. The highest BCUT2D eigenvalue weighted by molar-refractivity contribution is 5.72. The first-order valence-electron chi connectivity index (χ1n) is 6.26. The average molecular weight is 268 g/mol. The van der Waals surface area contributed by atoms with Gasteiger partial charge in [0.25, 0.3) is 0 Å². The van der Waals surface area contributed by atoms with Crippen LogP contribution in [0.4, 0.5) is 10.1 Å². The van der Waals surface area contributed by atoms with Crippen molar-refractivity contribution in [1.29, 1.82) is 0 Å². The molecule has 2 rings (SSSR count). The molecular formula is C13H17FN2O3. The quantitative estimate of drug-likeness (QED) is 0.669. The molecule has 0 atom stereocenters. The number of rotatable bonds is 3. The van der Waals surface area contributed by atoms with Crippen LogP contribution in [0, 0.1) is 11.9 Å². The summed E-state index contributed by atoms with van der Waals surface area (Å²) in [5, 5.41) is 0. The normalized spacial score (nSPS) is 22.8. The number of carbonyl (C=O) groups excluding carboxylic acids is 1. The Bertz CT molecular complexity index is 459. The molecule has 1 heterocycles. The number of nitrogens with zero attached hydrogens (tertiary/aromatic N) is 1. The molecule has 1 aliphatic rings. The van der Waals surface area contributed by atoms with Gasteiger partial charge in [-0.05, 0) is 31.7 Å². The van der Waals surface area contributed by atoms with Crippen molar-refractivity contribution in [2.24, 2.45) is 5.92 Å². The van der Waals surface area contributed by atoms with Gasteiger partial charge in [0.1, 0.15) is 6.10 Å². The predicted octanol–water partition coefficient (Wildman–Crippen LogP) is 1.91. The molecule has 0 aromatic carbocycles. The zero-order chi connectivity index (χ0) is 13.8. The van der Waals surface area contributed by atoms with Crippen LogP contribution < -0.4 is 10.5 Å². The maximum absolute atomic E-state index is 13.2. The lowest BCUT2D eigenvalue weighted by Crippen LogP contribution is -2.28. The van der Waals surface area contributed by atoms with Crippen molar-refractivity contribution >= 4 is 11.7 Å². The molecule has 2 N–H and O–H groups in total. The number of halogens is 1. The molecule has 5 nitrogen and oxygen atoms in total. The Balaban J connectivity index is 1.88. The molecule has 6 heteroatoms. The molecule has 1 fully saturated rings. The van der Waals surface area contributed by atoms with Gasteiger partial charge in [0.2, 0.25) is 11.8 Å². The van der Waals surface area contributed by atoms with Crippen LogP contribution in [0.3, 0.4) is 0 Å². The number of pyridine rings is 1. The molecule has 1 aromatic rings. The van der Waals surface area contributed by atoms with Crippen molar-refractivity contribution in [3.8, 4) is 5.88 Å². The minimum absolute atomic E-state index is 0.00162. The Labute approximate surface area is 110 Å². The van der Waals surface area contributed by atoms with Gasteiger partial charge < -0.3 is 15.2 Å². The fraction of sp³-hybridized carbons (Fsp3) is 0.538. The molecule has 19 heavy (non-hydrogen) atoms. The van der Waals surface area contributed by atoms with Crippen molar-refractivity contribution in [1.82, 2.24) is 4.98 Å². The van der Waals surface area contributed by atoms with Crippen LogP contribution in [0.5, 0.6) is 5.88 Å². The third-order valence-electron chi connectivity index (χ3n) is 3.35. The van der Waals surface area contributed by atoms with Crippen molar-refractivity contribution in [2.45, 2.75) is 31.8 Å². The predicted molar refractivity (Wildman–Crippen MR) is 67.0 cm³/mol. The Morgan fingerprint density at radius 1 is 1.37 bits per heavy atom. The van der Waals surface area contributed by atoms with E-state index in [1.807, 2.05) is 0 Å². The maximum atomic E-state index is 13.2. The zero-order valence-electron chi connectivity index (χ0n) is 10.8. The Morgan fingerprint density at radius 2 is 2.05 bits per heavy atom. The Hall–Kier alpha value is -1.85. The molecule has 1 aromatic heterocycles. The molecule has 1 saturated carbocycles. The number of nitrogen functional groups attached to an aromatic ring is 1. The van der Waals surface area contributed by atoms with Gasteiger partial charge in [-0.25, -0.2) is 0 Å². The summed E-state index contributed by atoms with van der Waals surface area (Å²) in [5.41, 5.74) is 5.35. The van der Waals surface area contributed by atoms with Crippen LogP contribution in [0.25, 0.3) is 0 Å². The summed E-state index contributed by atoms with van der Waals surface area (Å²) < 4.78 is 23.5. The van der Waals surface area contributed by atoms with E-state index >= 15 is 0 Å². The van der Waals surface area contributed by atoms with Crippen LogP contribution in [0.15, 0.2) is 12.1 Å². The highest BCUT2D eigenvalue weighted by atomic mass is 19.1. The van der Waals surface area contributed by atoms with Gasteiger partial charge in [-0.3, -0.25) is 4.79 Å². The third kappa shape index (κ3) is 3.33. The summed E-state index contributed by atoms with van der Waals surface area (Å²) in [6.07, 6.45) is 2.85. The van der Waals surface area contributed by atoms with Gasteiger partial charge >= 0.3 is 5.97 Å². The summed E-state index contributed by atoms with van der Waals surface area (Å²) in [5.74, 6) is -0.718. The monoisotopic (exact) mass is 268 g/mol. The number of carbonyl (C=O) groups is 1. The lowest BCUT2D eigenvalue weighted by Gasteiger charge is -2.27. The molecule has 1 aliphatic carbocycles. The van der Waals surface area contributed by atoms with E-state index in [4.69, 9.17) is 15.2 Å². The number of esters is 1. The molecule has 104 valence electrons. The van der Waals surface area contributed by atoms with E-state index < -0.39 is 5.95 Å². The SMILES string of the molecule is COC(=O)[C@H]1CC[C@H](Oc2ccc(N)c(F)n2)CC1. The first kappa shape index (κ1) is 13.6. The van der Waals surface area contributed by atoms with E-state index in [0.717, 1.165) is 25.7 Å². The minimum atomic E-state index is -0.722. The zero-order valence-corrected chi connectivity index (χ0v) is 10.8. The summed E-state index contributed by atoms with van der Waals surface area (Å²) in [4.78, 5) is 15.0. The highest BCUT2D eigenvalue weighted by Crippen LogP contribution is 2.28. The van der Waals surface area contributed by atoms with Crippen LogP contribution >= 0.6 is 0 Å². The fourth-order valence-electron chi connectivity index (χ4n) is 2.25. The van der Waals surface area contributed by atoms with Crippen LogP contribution in [0.1, 0.15) is 25.7 Å². The summed E-state index contributed by atoms with van der Waals surface area (Å²) in [6.45, 7) is 0. The van der Waals surface area contributed by atoms with Crippen molar-refractivity contribution in [3.05, 3.63) is 18.1 Å². The van der Waals surface area contributed by atoms with Gasteiger partial charge in [-0.1, -0.05) is 0 Å². The summed E-state index contributed by atoms with van der Waals surface area (Å²) in [6, 6.07) is 2.97. The number of anilines is 1. The van der Waals surface area contributed by atoms with Gasteiger partial charge in [-0.2, -0.15) is 9.37 Å². The lowest BCUT2D eigenvalue weighted by atomic mass is 9.87. The molecule has 0 amide bonds. The largest absolute Gasteiger partial charge is 0.474 e. The fourth-order valence-corrected chi connectivity index (χ4v) is 2.25. The van der Waals surface area contributed by atoms with Crippen LogP contribution in [-0.4, -0.2) is 24.2 Å². The number of ether oxygens (including phenoxy) is 2. The van der Waals surface area contributed by atoms with Gasteiger partial charge in [0, 0.05) is 6.07 Å². The standard InChI is InChI=1S/C13H17FN2O3/c1-18-13(17)8-2-4-9(5-3-8)19-11-7-6-10(15)12(14)16-11/h6-9H,2-5,15H2,1H3/t8-,9-. The second-order valence-corrected chi connectivity index (χ2v) is 4.64. The van der Waals surface area contributed by atoms with Crippen molar-refractivity contribution in [3.63, 3.8) is 0 Å². The van der Waals surface area contributed by atoms with Crippen molar-refractivity contribution in [2.75, 3.05) is 12.8 Å². The number of hydrogen-bond acceptors (Lipinski definition) is 5. The summed E-state index contributed by atoms with van der Waals surface area (Å²) >= 11 is 0. The third-order valence-corrected chi connectivity index (χ3v) is 3.35. The smallest absolute Gasteiger partial charge is 0.308 e. The Kier molecular flexibility index (Phi) is 4.19. The van der Waals surface area contributed by atoms with Gasteiger partial charge in [0.05, 0.1) is 18.7 Å². The molecule has 0 radical (unpaired) electrons. The second-order valence-electron chi connectivity index (χ2n) is 4.64. The van der Waals surface area contributed by atoms with Crippen molar-refractivity contribution < 1.29 is 18.7 Å².